The molecule has 28 heavy (non-hydrogen) atoms. The summed E-state index contributed by atoms with van der Waals surface area (Å²) in [4.78, 5) is 17.3. The van der Waals surface area contributed by atoms with Crippen LogP contribution in [0.2, 0.25) is 0 Å². The molecular weight excluding hydrogens is 374 g/mol. The first-order valence-corrected chi connectivity index (χ1v) is 12.1. The van der Waals surface area contributed by atoms with Gasteiger partial charge in [0.05, 0.1) is 11.4 Å². The summed E-state index contributed by atoms with van der Waals surface area (Å²) < 4.78 is 27.5. The number of rotatable bonds is 7. The minimum absolute atomic E-state index is 0.118. The van der Waals surface area contributed by atoms with Crippen LogP contribution in [0.4, 0.5) is 5.69 Å². The third kappa shape index (κ3) is 4.11. The molecule has 3 aliphatic rings. The summed E-state index contributed by atoms with van der Waals surface area (Å²) in [7, 11) is -3.43. The van der Waals surface area contributed by atoms with Crippen LogP contribution in [0.3, 0.4) is 0 Å². The molecular formula is C21H31N3O3S. The zero-order valence-electron chi connectivity index (χ0n) is 16.8. The van der Waals surface area contributed by atoms with Crippen molar-refractivity contribution in [3.8, 4) is 0 Å². The van der Waals surface area contributed by atoms with Crippen molar-refractivity contribution in [3.05, 3.63) is 23.8 Å². The summed E-state index contributed by atoms with van der Waals surface area (Å²) in [6, 6.07) is 5.29. The quantitative estimate of drug-likeness (QED) is 0.699. The van der Waals surface area contributed by atoms with E-state index in [1.54, 1.807) is 16.4 Å². The van der Waals surface area contributed by atoms with E-state index in [4.69, 9.17) is 0 Å². The summed E-state index contributed by atoms with van der Waals surface area (Å²) in [6.45, 7) is 6.30. The van der Waals surface area contributed by atoms with E-state index in [1.807, 2.05) is 11.0 Å². The fraction of sp³-hybridized carbons (Fsp3) is 0.667. The number of fused-ring (bicyclic) bond motifs is 1. The number of likely N-dealkylation sites (N-methyl/N-ethyl adjacent to an activating group) is 1. The average molecular weight is 406 g/mol. The lowest BCUT2D eigenvalue weighted by molar-refractivity contribution is -0.119. The van der Waals surface area contributed by atoms with Crippen LogP contribution in [-0.4, -0.2) is 62.8 Å². The molecule has 0 aromatic heterocycles. The van der Waals surface area contributed by atoms with Gasteiger partial charge in [-0.2, -0.15) is 4.31 Å². The number of amides is 1. The zero-order chi connectivity index (χ0) is 19.7. The number of hydrogen-bond donors (Lipinski definition) is 0. The third-order valence-corrected chi connectivity index (χ3v) is 8.11. The Morgan fingerprint density at radius 1 is 1.14 bits per heavy atom. The summed E-state index contributed by atoms with van der Waals surface area (Å²) >= 11 is 0. The molecule has 1 aliphatic carbocycles. The van der Waals surface area contributed by atoms with Crippen molar-refractivity contribution < 1.29 is 13.2 Å². The van der Waals surface area contributed by atoms with Crippen molar-refractivity contribution in [3.63, 3.8) is 0 Å². The maximum Gasteiger partial charge on any atom is 0.243 e. The number of piperidine rings is 1. The molecule has 1 saturated heterocycles. The van der Waals surface area contributed by atoms with Crippen LogP contribution in [-0.2, 0) is 21.2 Å². The Hall–Kier alpha value is -1.44. The summed E-state index contributed by atoms with van der Waals surface area (Å²) in [6.07, 6.45) is 6.25. The molecule has 0 spiro atoms. The maximum atomic E-state index is 12.9. The maximum absolute atomic E-state index is 12.9. The second-order valence-electron chi connectivity index (χ2n) is 8.32. The van der Waals surface area contributed by atoms with Gasteiger partial charge in [0.15, 0.2) is 0 Å². The summed E-state index contributed by atoms with van der Waals surface area (Å²) in [5.41, 5.74) is 1.85. The van der Waals surface area contributed by atoms with Crippen molar-refractivity contribution in [1.82, 2.24) is 9.21 Å². The highest BCUT2D eigenvalue weighted by Gasteiger charge is 2.31. The number of benzene rings is 1. The van der Waals surface area contributed by atoms with Gasteiger partial charge in [0.1, 0.15) is 0 Å². The SMILES string of the molecule is CCN(CC(=O)N1CCc2cc(S(=O)(=O)N3CCCCC3)ccc21)CC1CC1. The van der Waals surface area contributed by atoms with Gasteiger partial charge < -0.3 is 4.90 Å². The van der Waals surface area contributed by atoms with Crippen LogP contribution in [0.1, 0.15) is 44.6 Å². The van der Waals surface area contributed by atoms with Gasteiger partial charge in [-0.25, -0.2) is 8.42 Å². The van der Waals surface area contributed by atoms with Gasteiger partial charge in [-0.3, -0.25) is 9.69 Å². The van der Waals surface area contributed by atoms with E-state index in [2.05, 4.69) is 11.8 Å². The average Bonchev–Trinajstić information content (AvgIpc) is 3.43. The van der Waals surface area contributed by atoms with Crippen LogP contribution < -0.4 is 4.90 Å². The molecule has 2 aliphatic heterocycles. The molecule has 2 fully saturated rings. The lowest BCUT2D eigenvalue weighted by atomic mass is 10.2. The largest absolute Gasteiger partial charge is 0.311 e. The normalized spacial score (nSPS) is 20.6. The third-order valence-electron chi connectivity index (χ3n) is 6.22. The van der Waals surface area contributed by atoms with Crippen molar-refractivity contribution >= 4 is 21.6 Å². The van der Waals surface area contributed by atoms with Gasteiger partial charge in [0.25, 0.3) is 0 Å². The second-order valence-corrected chi connectivity index (χ2v) is 10.3. The Morgan fingerprint density at radius 3 is 2.57 bits per heavy atom. The van der Waals surface area contributed by atoms with E-state index in [0.717, 1.165) is 55.9 Å². The van der Waals surface area contributed by atoms with Crippen molar-refractivity contribution in [2.45, 2.75) is 50.3 Å². The van der Waals surface area contributed by atoms with Crippen molar-refractivity contribution in [2.24, 2.45) is 5.92 Å². The summed E-state index contributed by atoms with van der Waals surface area (Å²) in [5, 5.41) is 0. The van der Waals surface area contributed by atoms with E-state index in [1.165, 1.54) is 12.8 Å². The Morgan fingerprint density at radius 2 is 1.89 bits per heavy atom. The number of hydrogen-bond acceptors (Lipinski definition) is 4. The first kappa shape index (κ1) is 19.9. The van der Waals surface area contributed by atoms with E-state index >= 15 is 0 Å². The van der Waals surface area contributed by atoms with Crippen molar-refractivity contribution in [2.75, 3.05) is 44.2 Å². The van der Waals surface area contributed by atoms with Gasteiger partial charge in [0, 0.05) is 31.9 Å². The second kappa shape index (κ2) is 8.13. The van der Waals surface area contributed by atoms with Gasteiger partial charge in [-0.05, 0) is 68.3 Å². The molecule has 0 radical (unpaired) electrons. The number of carbonyl (C=O) groups is 1. The molecule has 1 saturated carbocycles. The number of sulfonamides is 1. The van der Waals surface area contributed by atoms with Gasteiger partial charge in [-0.15, -0.1) is 0 Å². The van der Waals surface area contributed by atoms with Gasteiger partial charge >= 0.3 is 0 Å². The Labute approximate surface area is 168 Å². The van der Waals surface area contributed by atoms with Crippen LogP contribution in [0.25, 0.3) is 0 Å². The van der Waals surface area contributed by atoms with Gasteiger partial charge in [0.2, 0.25) is 15.9 Å². The molecule has 1 aromatic carbocycles. The highest BCUT2D eigenvalue weighted by molar-refractivity contribution is 7.89. The molecule has 154 valence electrons. The fourth-order valence-corrected chi connectivity index (χ4v) is 5.87. The lowest BCUT2D eigenvalue weighted by Gasteiger charge is -2.26. The van der Waals surface area contributed by atoms with Crippen LogP contribution in [0.5, 0.6) is 0 Å². The standard InChI is InChI=1S/C21H31N3O3S/c1-2-22(15-17-6-7-17)16-21(25)24-13-10-18-14-19(8-9-20(18)24)28(26,27)23-11-4-3-5-12-23/h8-9,14,17H,2-7,10-13,15-16H2,1H3. The number of carbonyl (C=O) groups excluding carboxylic acids is 1. The van der Waals surface area contributed by atoms with Gasteiger partial charge in [-0.1, -0.05) is 13.3 Å². The molecule has 7 heteroatoms. The topological polar surface area (TPSA) is 60.9 Å². The zero-order valence-corrected chi connectivity index (χ0v) is 17.6. The van der Waals surface area contributed by atoms with Crippen molar-refractivity contribution in [1.29, 1.82) is 0 Å². The van der Waals surface area contributed by atoms with E-state index in [-0.39, 0.29) is 5.91 Å². The Balaban J connectivity index is 1.47. The van der Waals surface area contributed by atoms with Crippen LogP contribution in [0, 0.1) is 5.92 Å². The van der Waals surface area contributed by atoms with Crippen LogP contribution in [0.15, 0.2) is 23.1 Å². The van der Waals surface area contributed by atoms with E-state index < -0.39 is 10.0 Å². The highest BCUT2D eigenvalue weighted by atomic mass is 32.2. The fourth-order valence-electron chi connectivity index (χ4n) is 4.30. The minimum Gasteiger partial charge on any atom is -0.311 e. The molecule has 4 rings (SSSR count). The first-order valence-electron chi connectivity index (χ1n) is 10.6. The minimum atomic E-state index is -3.43. The Kier molecular flexibility index (Phi) is 5.76. The molecule has 0 unspecified atom stereocenters. The molecule has 0 bridgehead atoms. The van der Waals surface area contributed by atoms with E-state index in [0.29, 0.717) is 31.1 Å². The smallest absolute Gasteiger partial charge is 0.243 e. The monoisotopic (exact) mass is 405 g/mol. The predicted molar refractivity (Wildman–Crippen MR) is 110 cm³/mol. The lowest BCUT2D eigenvalue weighted by Crippen LogP contribution is -2.40. The number of anilines is 1. The van der Waals surface area contributed by atoms with Crippen LogP contribution >= 0.6 is 0 Å². The number of nitrogens with zero attached hydrogens (tertiary/aromatic N) is 3. The predicted octanol–water partition coefficient (Wildman–Crippen LogP) is 2.48. The van der Waals surface area contributed by atoms with E-state index in [9.17, 15) is 13.2 Å². The molecule has 1 aromatic rings. The summed E-state index contributed by atoms with van der Waals surface area (Å²) in [5.74, 6) is 0.883. The highest BCUT2D eigenvalue weighted by Crippen LogP contribution is 2.33. The Bertz CT molecular complexity index is 829. The molecule has 0 atom stereocenters. The first-order chi connectivity index (χ1) is 13.5. The molecule has 6 nitrogen and oxygen atoms in total. The molecule has 1 amide bonds. The molecule has 2 heterocycles. The molecule has 0 N–H and O–H groups in total.